The van der Waals surface area contributed by atoms with Crippen molar-refractivity contribution in [1.82, 2.24) is 0 Å². The van der Waals surface area contributed by atoms with Gasteiger partial charge in [0, 0.05) is 41.7 Å². The number of amides is 3. The highest BCUT2D eigenvalue weighted by molar-refractivity contribution is 6.05. The van der Waals surface area contributed by atoms with E-state index in [2.05, 4.69) is 10.6 Å². The number of carbonyl (C=O) groups excluding carboxylic acids is 3. The van der Waals surface area contributed by atoms with Crippen molar-refractivity contribution in [2.24, 2.45) is 5.92 Å². The van der Waals surface area contributed by atoms with Crippen molar-refractivity contribution in [1.29, 1.82) is 0 Å². The SMILES string of the molecule is COc1ccc(NC(=O)c2ccc(NC(=O)C3CC(=O)N(c4ccc5c(c4)OCO5)C3)cc2)cc1. The van der Waals surface area contributed by atoms with Gasteiger partial charge in [-0.15, -0.1) is 0 Å². The van der Waals surface area contributed by atoms with Crippen molar-refractivity contribution >= 4 is 34.8 Å². The summed E-state index contributed by atoms with van der Waals surface area (Å²) < 4.78 is 15.8. The Bertz CT molecular complexity index is 1270. The molecule has 1 fully saturated rings. The van der Waals surface area contributed by atoms with Gasteiger partial charge in [0.25, 0.3) is 5.91 Å². The fraction of sp³-hybridized carbons (Fsp3) is 0.192. The zero-order chi connectivity index (χ0) is 24.4. The van der Waals surface area contributed by atoms with E-state index in [4.69, 9.17) is 14.2 Å². The second-order valence-corrected chi connectivity index (χ2v) is 8.19. The fourth-order valence-electron chi connectivity index (χ4n) is 4.01. The average Bonchev–Trinajstić information content (AvgIpc) is 3.51. The normalized spacial score (nSPS) is 16.2. The van der Waals surface area contributed by atoms with Gasteiger partial charge in [-0.3, -0.25) is 14.4 Å². The van der Waals surface area contributed by atoms with E-state index < -0.39 is 5.92 Å². The third-order valence-electron chi connectivity index (χ3n) is 5.93. The molecule has 0 aliphatic carbocycles. The molecule has 2 heterocycles. The molecule has 0 saturated carbocycles. The number of nitrogens with one attached hydrogen (secondary N) is 2. The van der Waals surface area contributed by atoms with Gasteiger partial charge in [0.2, 0.25) is 18.6 Å². The number of ether oxygens (including phenoxy) is 3. The quantitative estimate of drug-likeness (QED) is 0.566. The highest BCUT2D eigenvalue weighted by Crippen LogP contribution is 2.37. The Labute approximate surface area is 201 Å². The summed E-state index contributed by atoms with van der Waals surface area (Å²) >= 11 is 0. The molecular weight excluding hydrogens is 450 g/mol. The topological polar surface area (TPSA) is 106 Å². The molecule has 1 saturated heterocycles. The summed E-state index contributed by atoms with van der Waals surface area (Å²) in [6.07, 6.45) is 0.114. The highest BCUT2D eigenvalue weighted by atomic mass is 16.7. The highest BCUT2D eigenvalue weighted by Gasteiger charge is 2.35. The number of methoxy groups -OCH3 is 1. The molecule has 0 bridgehead atoms. The molecule has 35 heavy (non-hydrogen) atoms. The fourth-order valence-corrected chi connectivity index (χ4v) is 4.01. The first kappa shape index (κ1) is 22.3. The van der Waals surface area contributed by atoms with Gasteiger partial charge in [-0.1, -0.05) is 0 Å². The maximum absolute atomic E-state index is 12.8. The Hall–Kier alpha value is -4.53. The molecule has 9 nitrogen and oxygen atoms in total. The molecule has 1 unspecified atom stereocenters. The molecule has 5 rings (SSSR count). The van der Waals surface area contributed by atoms with E-state index in [9.17, 15) is 14.4 Å². The van der Waals surface area contributed by atoms with Crippen LogP contribution in [0, 0.1) is 5.92 Å². The van der Waals surface area contributed by atoms with Crippen molar-refractivity contribution < 1.29 is 28.6 Å². The predicted octanol–water partition coefficient (Wildman–Crippen LogP) is 3.67. The third kappa shape index (κ3) is 4.74. The molecule has 0 spiro atoms. The second kappa shape index (κ2) is 9.38. The molecule has 2 N–H and O–H groups in total. The van der Waals surface area contributed by atoms with Crippen LogP contribution in [0.15, 0.2) is 66.7 Å². The lowest BCUT2D eigenvalue weighted by Gasteiger charge is -2.17. The van der Waals surface area contributed by atoms with E-state index >= 15 is 0 Å². The minimum absolute atomic E-state index is 0.114. The third-order valence-corrected chi connectivity index (χ3v) is 5.93. The van der Waals surface area contributed by atoms with Crippen molar-refractivity contribution in [2.75, 3.05) is 36.0 Å². The number of benzene rings is 3. The summed E-state index contributed by atoms with van der Waals surface area (Å²) in [5.41, 5.74) is 2.31. The lowest BCUT2D eigenvalue weighted by molar-refractivity contribution is -0.122. The van der Waals surface area contributed by atoms with Crippen LogP contribution in [0.4, 0.5) is 17.1 Å². The largest absolute Gasteiger partial charge is 0.497 e. The smallest absolute Gasteiger partial charge is 0.255 e. The molecule has 2 aliphatic heterocycles. The summed E-state index contributed by atoms with van der Waals surface area (Å²) in [6, 6.07) is 18.9. The van der Waals surface area contributed by atoms with Gasteiger partial charge in [-0.25, -0.2) is 0 Å². The molecule has 178 valence electrons. The molecule has 0 aromatic heterocycles. The summed E-state index contributed by atoms with van der Waals surface area (Å²) in [7, 11) is 1.58. The first-order valence-electron chi connectivity index (χ1n) is 11.1. The zero-order valence-corrected chi connectivity index (χ0v) is 18.9. The molecular formula is C26H23N3O6. The summed E-state index contributed by atoms with van der Waals surface area (Å²) in [6.45, 7) is 0.423. The monoisotopic (exact) mass is 473 g/mol. The molecule has 1 atom stereocenters. The van der Waals surface area contributed by atoms with Crippen LogP contribution in [0.25, 0.3) is 0 Å². The Morgan fingerprint density at radius 2 is 1.60 bits per heavy atom. The van der Waals surface area contributed by atoms with Crippen LogP contribution in [-0.4, -0.2) is 38.2 Å². The van der Waals surface area contributed by atoms with Gasteiger partial charge in [0.1, 0.15) is 5.75 Å². The number of carbonyl (C=O) groups is 3. The Balaban J connectivity index is 1.18. The van der Waals surface area contributed by atoms with Crippen molar-refractivity contribution in [3.05, 3.63) is 72.3 Å². The summed E-state index contributed by atoms with van der Waals surface area (Å²) in [5, 5.41) is 5.65. The van der Waals surface area contributed by atoms with Gasteiger partial charge in [0.15, 0.2) is 11.5 Å². The maximum atomic E-state index is 12.8. The molecule has 2 aliphatic rings. The van der Waals surface area contributed by atoms with E-state index in [1.54, 1.807) is 78.7 Å². The minimum Gasteiger partial charge on any atom is -0.497 e. The Morgan fingerprint density at radius 3 is 2.34 bits per heavy atom. The Morgan fingerprint density at radius 1 is 0.914 bits per heavy atom. The number of anilines is 3. The zero-order valence-electron chi connectivity index (χ0n) is 18.9. The number of rotatable bonds is 6. The van der Waals surface area contributed by atoms with Crippen LogP contribution < -0.4 is 29.7 Å². The number of hydrogen-bond donors (Lipinski definition) is 2. The van der Waals surface area contributed by atoms with Crippen molar-refractivity contribution in [3.8, 4) is 17.2 Å². The van der Waals surface area contributed by atoms with E-state index in [0.29, 0.717) is 39.9 Å². The van der Waals surface area contributed by atoms with Gasteiger partial charge in [-0.2, -0.15) is 0 Å². The lowest BCUT2D eigenvalue weighted by Crippen LogP contribution is -2.28. The van der Waals surface area contributed by atoms with E-state index in [1.807, 2.05) is 0 Å². The van der Waals surface area contributed by atoms with Crippen molar-refractivity contribution in [3.63, 3.8) is 0 Å². The van der Waals surface area contributed by atoms with Crippen LogP contribution >= 0.6 is 0 Å². The van der Waals surface area contributed by atoms with E-state index in [0.717, 1.165) is 0 Å². The molecule has 0 radical (unpaired) electrons. The number of nitrogens with zero attached hydrogens (tertiary/aromatic N) is 1. The summed E-state index contributed by atoms with van der Waals surface area (Å²) in [5.74, 6) is 0.771. The van der Waals surface area contributed by atoms with E-state index in [1.165, 1.54) is 0 Å². The van der Waals surface area contributed by atoms with Gasteiger partial charge in [-0.05, 0) is 60.7 Å². The van der Waals surface area contributed by atoms with Crippen LogP contribution in [0.2, 0.25) is 0 Å². The first-order chi connectivity index (χ1) is 17.0. The first-order valence-corrected chi connectivity index (χ1v) is 11.1. The minimum atomic E-state index is -0.494. The van der Waals surface area contributed by atoms with Crippen LogP contribution in [0.3, 0.4) is 0 Å². The molecule has 3 amide bonds. The lowest BCUT2D eigenvalue weighted by atomic mass is 10.1. The van der Waals surface area contributed by atoms with Crippen LogP contribution in [0.1, 0.15) is 16.8 Å². The molecule has 3 aromatic rings. The molecule has 9 heteroatoms. The molecule has 3 aromatic carbocycles. The Kier molecular flexibility index (Phi) is 5.97. The predicted molar refractivity (Wildman–Crippen MR) is 129 cm³/mol. The number of hydrogen-bond acceptors (Lipinski definition) is 6. The van der Waals surface area contributed by atoms with E-state index in [-0.39, 0.29) is 37.5 Å². The van der Waals surface area contributed by atoms with Gasteiger partial charge >= 0.3 is 0 Å². The summed E-state index contributed by atoms with van der Waals surface area (Å²) in [4.78, 5) is 39.5. The van der Waals surface area contributed by atoms with Gasteiger partial charge in [0.05, 0.1) is 13.0 Å². The average molecular weight is 473 g/mol. The second-order valence-electron chi connectivity index (χ2n) is 8.19. The van der Waals surface area contributed by atoms with Crippen molar-refractivity contribution in [2.45, 2.75) is 6.42 Å². The standard InChI is InChI=1S/C26H23N3O6/c1-33-21-9-6-19(7-10-21)27-25(31)16-2-4-18(5-3-16)28-26(32)17-12-24(30)29(14-17)20-8-11-22-23(13-20)35-15-34-22/h2-11,13,17H,12,14-15H2,1H3,(H,27,31)(H,28,32). The van der Waals surface area contributed by atoms with Crippen LogP contribution in [0.5, 0.6) is 17.2 Å². The van der Waals surface area contributed by atoms with Crippen LogP contribution in [-0.2, 0) is 9.59 Å². The number of fused-ring (bicyclic) bond motifs is 1. The van der Waals surface area contributed by atoms with Gasteiger partial charge < -0.3 is 29.7 Å². The maximum Gasteiger partial charge on any atom is 0.255 e.